The highest BCUT2D eigenvalue weighted by Gasteiger charge is 2.37. The first-order valence-electron chi connectivity index (χ1n) is 10.2. The van der Waals surface area contributed by atoms with E-state index in [1.54, 1.807) is 11.1 Å². The van der Waals surface area contributed by atoms with Gasteiger partial charge in [0.1, 0.15) is 18.2 Å². The van der Waals surface area contributed by atoms with E-state index in [1.807, 2.05) is 68.4 Å². The molecular formula is C25H20Br2N6. The van der Waals surface area contributed by atoms with Crippen LogP contribution < -0.4 is 10.7 Å². The number of hydrazone groups is 1. The predicted molar refractivity (Wildman–Crippen MR) is 138 cm³/mol. The van der Waals surface area contributed by atoms with Crippen LogP contribution >= 0.6 is 31.9 Å². The Kier molecular flexibility index (Phi) is 6.53. The fraction of sp³-hybridized carbons (Fsp3) is 0.160. The smallest absolute Gasteiger partial charge is 0.127 e. The molecule has 2 atom stereocenters. The normalized spacial score (nSPS) is 18.1. The molecule has 33 heavy (non-hydrogen) atoms. The highest BCUT2D eigenvalue weighted by atomic mass is 79.9. The third kappa shape index (κ3) is 4.14. The van der Waals surface area contributed by atoms with Gasteiger partial charge < -0.3 is 10.3 Å². The van der Waals surface area contributed by atoms with Crippen LogP contribution in [-0.4, -0.2) is 16.4 Å². The molecule has 2 aromatic carbocycles. The van der Waals surface area contributed by atoms with E-state index >= 15 is 0 Å². The molecule has 0 radical (unpaired) electrons. The molecule has 0 fully saturated rings. The van der Waals surface area contributed by atoms with Crippen LogP contribution in [-0.2, 0) is 0 Å². The second-order valence-corrected chi connectivity index (χ2v) is 9.35. The fourth-order valence-electron chi connectivity index (χ4n) is 3.99. The topological polar surface area (TPSA) is 94.1 Å². The molecule has 164 valence electrons. The van der Waals surface area contributed by atoms with Gasteiger partial charge >= 0.3 is 0 Å². The number of rotatable bonds is 4. The number of allylic oxidation sites excluding steroid dienone is 1. The number of nitriles is 2. The maximum atomic E-state index is 10.0. The summed E-state index contributed by atoms with van der Waals surface area (Å²) < 4.78 is 4.00. The molecule has 8 heteroatoms. The van der Waals surface area contributed by atoms with Gasteiger partial charge in [0.25, 0.3) is 0 Å². The van der Waals surface area contributed by atoms with Crippen molar-refractivity contribution in [2.24, 2.45) is 16.8 Å². The van der Waals surface area contributed by atoms with E-state index in [0.717, 1.165) is 37.3 Å². The van der Waals surface area contributed by atoms with Gasteiger partial charge in [-0.1, -0.05) is 34.1 Å². The van der Waals surface area contributed by atoms with E-state index in [0.29, 0.717) is 11.3 Å². The van der Waals surface area contributed by atoms with Crippen molar-refractivity contribution in [2.45, 2.75) is 20.0 Å². The number of halogens is 2. The van der Waals surface area contributed by atoms with E-state index < -0.39 is 12.1 Å². The average molecular weight is 564 g/mol. The van der Waals surface area contributed by atoms with E-state index in [2.05, 4.69) is 53.7 Å². The average Bonchev–Trinajstić information content (AvgIpc) is 3.26. The minimum Gasteiger partial charge on any atom is -0.317 e. The van der Waals surface area contributed by atoms with Crippen molar-refractivity contribution in [3.63, 3.8) is 0 Å². The minimum absolute atomic E-state index is 0.312. The number of hydrogen-bond acceptors (Lipinski definition) is 5. The number of anilines is 1. The maximum Gasteiger partial charge on any atom is 0.127 e. The number of nitrogens with two attached hydrogens (primary N) is 1. The lowest BCUT2D eigenvalue weighted by Gasteiger charge is -2.21. The van der Waals surface area contributed by atoms with Gasteiger partial charge in [0.05, 0.1) is 23.0 Å². The quantitative estimate of drug-likeness (QED) is 0.404. The summed E-state index contributed by atoms with van der Waals surface area (Å²) in [5.41, 5.74) is 11.6. The standard InChI is InChI=1S/C25H20Br2N6/c1-15-21(23(27)16(2)32(15)19-10-8-18(26)9-11-19)12-17(13-28)24-22(14-29)25(30)33(31-24)20-6-4-3-5-7-20/h3-12,22,25H,30H2,1-2H3/b17-12-/t22-,25-/m1/s1. The van der Waals surface area contributed by atoms with Crippen LogP contribution in [0.5, 0.6) is 0 Å². The number of nitrogens with zero attached hydrogens (tertiary/aromatic N) is 5. The van der Waals surface area contributed by atoms with Crippen molar-refractivity contribution in [1.29, 1.82) is 10.5 Å². The van der Waals surface area contributed by atoms with Crippen LogP contribution in [0.2, 0.25) is 0 Å². The zero-order chi connectivity index (χ0) is 23.7. The Morgan fingerprint density at radius 1 is 1.00 bits per heavy atom. The Morgan fingerprint density at radius 2 is 1.67 bits per heavy atom. The summed E-state index contributed by atoms with van der Waals surface area (Å²) in [6.07, 6.45) is 1.11. The van der Waals surface area contributed by atoms with Crippen LogP contribution in [0, 0.1) is 42.4 Å². The molecule has 0 bridgehead atoms. The molecule has 1 aromatic heterocycles. The Hall–Kier alpha value is -3.17. The zero-order valence-electron chi connectivity index (χ0n) is 18.0. The Morgan fingerprint density at radius 3 is 2.27 bits per heavy atom. The maximum absolute atomic E-state index is 10.0. The lowest BCUT2D eigenvalue weighted by Crippen LogP contribution is -2.40. The minimum atomic E-state index is -0.732. The summed E-state index contributed by atoms with van der Waals surface area (Å²) in [6, 6.07) is 21.9. The molecule has 0 saturated carbocycles. The molecule has 1 aliphatic rings. The van der Waals surface area contributed by atoms with E-state index in [4.69, 9.17) is 5.73 Å². The number of para-hydroxylation sites is 1. The van der Waals surface area contributed by atoms with Crippen LogP contribution in [0.1, 0.15) is 17.0 Å². The first-order valence-corrected chi connectivity index (χ1v) is 11.8. The van der Waals surface area contributed by atoms with Gasteiger partial charge in [-0.2, -0.15) is 15.6 Å². The summed E-state index contributed by atoms with van der Waals surface area (Å²) in [5.74, 6) is -0.732. The molecule has 2 N–H and O–H groups in total. The third-order valence-corrected chi connectivity index (χ3v) is 7.21. The van der Waals surface area contributed by atoms with Crippen molar-refractivity contribution >= 4 is 49.3 Å². The molecule has 0 aliphatic carbocycles. The van der Waals surface area contributed by atoms with Gasteiger partial charge in [-0.05, 0) is 72.3 Å². The summed E-state index contributed by atoms with van der Waals surface area (Å²) in [7, 11) is 0. The van der Waals surface area contributed by atoms with Gasteiger partial charge in [0.2, 0.25) is 0 Å². The molecule has 0 spiro atoms. The Balaban J connectivity index is 1.81. The molecule has 3 aromatic rings. The summed E-state index contributed by atoms with van der Waals surface area (Å²) in [4.78, 5) is 0. The summed E-state index contributed by atoms with van der Waals surface area (Å²) in [5, 5.41) is 26.0. The summed E-state index contributed by atoms with van der Waals surface area (Å²) >= 11 is 7.17. The van der Waals surface area contributed by atoms with Crippen molar-refractivity contribution in [2.75, 3.05) is 5.01 Å². The SMILES string of the molecule is Cc1c(Br)c(/C=C(/C#N)C2=NN(c3ccccc3)[C@@H](N)[C@@H]2C#N)c(C)n1-c1ccc(Br)cc1. The fourth-order valence-corrected chi connectivity index (χ4v) is 4.84. The molecular weight excluding hydrogens is 544 g/mol. The monoisotopic (exact) mass is 562 g/mol. The Labute approximate surface area is 209 Å². The van der Waals surface area contributed by atoms with Gasteiger partial charge in [-0.15, -0.1) is 0 Å². The zero-order valence-corrected chi connectivity index (χ0v) is 21.2. The number of hydrogen-bond donors (Lipinski definition) is 1. The first kappa shape index (κ1) is 23.0. The second kappa shape index (κ2) is 9.36. The largest absolute Gasteiger partial charge is 0.317 e. The molecule has 1 aliphatic heterocycles. The van der Waals surface area contributed by atoms with Crippen LogP contribution in [0.4, 0.5) is 5.69 Å². The molecule has 6 nitrogen and oxygen atoms in total. The number of benzene rings is 2. The van der Waals surface area contributed by atoms with E-state index in [9.17, 15) is 10.5 Å². The lowest BCUT2D eigenvalue weighted by molar-refractivity contribution is 0.624. The van der Waals surface area contributed by atoms with Crippen molar-refractivity contribution < 1.29 is 0 Å². The van der Waals surface area contributed by atoms with Gasteiger partial charge in [0, 0.05) is 31.6 Å². The third-order valence-electron chi connectivity index (χ3n) is 5.68. The molecule has 0 saturated heterocycles. The van der Waals surface area contributed by atoms with Gasteiger partial charge in [0.15, 0.2) is 0 Å². The van der Waals surface area contributed by atoms with E-state index in [-0.39, 0.29) is 0 Å². The first-order chi connectivity index (χ1) is 15.9. The van der Waals surface area contributed by atoms with Crippen molar-refractivity contribution in [3.8, 4) is 17.8 Å². The van der Waals surface area contributed by atoms with Crippen LogP contribution in [0.3, 0.4) is 0 Å². The second-order valence-electron chi connectivity index (χ2n) is 7.64. The Bertz CT molecular complexity index is 1340. The summed E-state index contributed by atoms with van der Waals surface area (Å²) in [6.45, 7) is 4.02. The highest BCUT2D eigenvalue weighted by Crippen LogP contribution is 2.34. The number of aromatic nitrogens is 1. The van der Waals surface area contributed by atoms with E-state index in [1.165, 1.54) is 0 Å². The molecule has 0 amide bonds. The molecule has 4 rings (SSSR count). The highest BCUT2D eigenvalue weighted by molar-refractivity contribution is 9.10. The van der Waals surface area contributed by atoms with Crippen molar-refractivity contribution in [1.82, 2.24) is 4.57 Å². The van der Waals surface area contributed by atoms with Crippen molar-refractivity contribution in [3.05, 3.63) is 86.1 Å². The van der Waals surface area contributed by atoms with Gasteiger partial charge in [-0.25, -0.2) is 5.01 Å². The van der Waals surface area contributed by atoms with Crippen LogP contribution in [0.15, 0.2) is 74.2 Å². The van der Waals surface area contributed by atoms with Crippen LogP contribution in [0.25, 0.3) is 11.8 Å². The molecule has 0 unspecified atom stereocenters. The molecule has 2 heterocycles. The van der Waals surface area contributed by atoms with Gasteiger partial charge in [-0.3, -0.25) is 0 Å². The lowest BCUT2D eigenvalue weighted by atomic mass is 9.95. The predicted octanol–water partition coefficient (Wildman–Crippen LogP) is 5.83.